The second-order valence-corrected chi connectivity index (χ2v) is 8.30. The van der Waals surface area contributed by atoms with Crippen molar-refractivity contribution >= 4 is 11.7 Å². The number of fused-ring (bicyclic) bond motifs is 1. The van der Waals surface area contributed by atoms with E-state index in [0.29, 0.717) is 73.2 Å². The molecule has 1 fully saturated rings. The van der Waals surface area contributed by atoms with Crippen LogP contribution >= 0.6 is 0 Å². The van der Waals surface area contributed by atoms with Crippen LogP contribution in [-0.2, 0) is 0 Å². The molecule has 0 N–H and O–H groups in total. The Hall–Kier alpha value is -3.68. The predicted molar refractivity (Wildman–Crippen MR) is 119 cm³/mol. The number of ether oxygens (including phenoxy) is 2. The Kier molecular flexibility index (Phi) is 5.58. The molecule has 33 heavy (non-hydrogen) atoms. The first-order valence-electron chi connectivity index (χ1n) is 11.1. The Labute approximate surface area is 190 Å². The van der Waals surface area contributed by atoms with Crippen LogP contribution in [0.1, 0.15) is 39.3 Å². The number of benzene rings is 2. The van der Waals surface area contributed by atoms with Gasteiger partial charge in [-0.2, -0.15) is 5.10 Å². The minimum atomic E-state index is -0.402. The number of nitrogens with zero attached hydrogens (tertiary/aromatic N) is 3. The highest BCUT2D eigenvalue weighted by Gasteiger charge is 2.30. The van der Waals surface area contributed by atoms with E-state index >= 15 is 0 Å². The van der Waals surface area contributed by atoms with Gasteiger partial charge in [-0.15, -0.1) is 0 Å². The summed E-state index contributed by atoms with van der Waals surface area (Å²) < 4.78 is 26.7. The third kappa shape index (κ3) is 3.97. The van der Waals surface area contributed by atoms with Crippen molar-refractivity contribution in [3.05, 3.63) is 71.3 Å². The fourth-order valence-corrected chi connectivity index (χ4v) is 4.43. The second kappa shape index (κ2) is 8.69. The molecule has 3 aromatic rings. The molecule has 0 atom stereocenters. The van der Waals surface area contributed by atoms with Crippen LogP contribution in [0.2, 0.25) is 0 Å². The third-order valence-corrected chi connectivity index (χ3v) is 6.30. The Morgan fingerprint density at radius 3 is 2.52 bits per heavy atom. The lowest BCUT2D eigenvalue weighted by Gasteiger charge is -2.31. The van der Waals surface area contributed by atoms with E-state index in [4.69, 9.17) is 9.47 Å². The highest BCUT2D eigenvalue weighted by Crippen LogP contribution is 2.33. The van der Waals surface area contributed by atoms with Crippen molar-refractivity contribution in [2.24, 2.45) is 5.92 Å². The van der Waals surface area contributed by atoms with Gasteiger partial charge in [-0.25, -0.2) is 9.07 Å². The van der Waals surface area contributed by atoms with Gasteiger partial charge in [-0.3, -0.25) is 9.59 Å². The van der Waals surface area contributed by atoms with Gasteiger partial charge in [0.05, 0.1) is 17.5 Å². The Morgan fingerprint density at radius 1 is 1.03 bits per heavy atom. The van der Waals surface area contributed by atoms with Crippen LogP contribution in [0.3, 0.4) is 0 Å². The number of halogens is 1. The summed E-state index contributed by atoms with van der Waals surface area (Å²) in [7, 11) is 0. The first kappa shape index (κ1) is 21.2. The van der Waals surface area contributed by atoms with Gasteiger partial charge < -0.3 is 14.4 Å². The van der Waals surface area contributed by atoms with Gasteiger partial charge in [0.2, 0.25) is 0 Å². The van der Waals surface area contributed by atoms with E-state index in [9.17, 15) is 14.0 Å². The molecule has 0 unspecified atom stereocenters. The average molecular weight is 449 g/mol. The summed E-state index contributed by atoms with van der Waals surface area (Å²) in [6.45, 7) is 3.68. The van der Waals surface area contributed by atoms with Crippen molar-refractivity contribution in [1.29, 1.82) is 0 Å². The first-order valence-corrected chi connectivity index (χ1v) is 11.1. The number of aromatic nitrogens is 2. The Balaban J connectivity index is 1.26. The van der Waals surface area contributed by atoms with Crippen LogP contribution in [0, 0.1) is 18.7 Å². The molecule has 7 nitrogen and oxygen atoms in total. The van der Waals surface area contributed by atoms with E-state index in [1.165, 1.54) is 16.9 Å². The van der Waals surface area contributed by atoms with E-state index in [1.54, 1.807) is 48.2 Å². The van der Waals surface area contributed by atoms with E-state index in [1.807, 2.05) is 0 Å². The third-order valence-electron chi connectivity index (χ3n) is 6.30. The highest BCUT2D eigenvalue weighted by atomic mass is 19.1. The molecule has 2 aliphatic heterocycles. The minimum Gasteiger partial charge on any atom is -0.486 e. The maximum absolute atomic E-state index is 14.2. The fourth-order valence-electron chi connectivity index (χ4n) is 4.43. The molecular weight excluding hydrogens is 425 g/mol. The summed E-state index contributed by atoms with van der Waals surface area (Å²) in [5.41, 5.74) is 1.93. The number of hydrogen-bond donors (Lipinski definition) is 0. The zero-order valence-electron chi connectivity index (χ0n) is 18.3. The van der Waals surface area contributed by atoms with Gasteiger partial charge in [0, 0.05) is 24.6 Å². The molecule has 3 heterocycles. The lowest BCUT2D eigenvalue weighted by molar-refractivity contribution is 0.0649. The molecule has 170 valence electrons. The maximum Gasteiger partial charge on any atom is 0.257 e. The molecule has 0 saturated carbocycles. The molecule has 5 rings (SSSR count). The summed E-state index contributed by atoms with van der Waals surface area (Å²) in [6.07, 6.45) is 2.65. The van der Waals surface area contributed by atoms with Crippen LogP contribution in [0.5, 0.6) is 11.5 Å². The number of rotatable bonds is 4. The topological polar surface area (TPSA) is 73.7 Å². The summed E-state index contributed by atoms with van der Waals surface area (Å²) in [5, 5.41) is 4.23. The van der Waals surface area contributed by atoms with Gasteiger partial charge in [0.15, 0.2) is 17.3 Å². The van der Waals surface area contributed by atoms with E-state index in [2.05, 4.69) is 5.10 Å². The number of para-hydroxylation sites is 1. The molecule has 2 aliphatic rings. The Bertz CT molecular complexity index is 1210. The van der Waals surface area contributed by atoms with Gasteiger partial charge in [-0.05, 0) is 50.1 Å². The SMILES string of the molecule is Cc1c(C(=O)N2CCC(C(=O)c3ccc4c(c3)OCCO4)CC2)cnn1-c1ccccc1F. The molecular formula is C25H24FN3O4. The van der Waals surface area contributed by atoms with Crippen LogP contribution in [0.4, 0.5) is 4.39 Å². The van der Waals surface area contributed by atoms with Crippen LogP contribution in [-0.4, -0.2) is 52.7 Å². The number of Topliss-reactive ketones (excluding diaryl/α,β-unsaturated/α-hetero) is 1. The lowest BCUT2D eigenvalue weighted by Crippen LogP contribution is -2.40. The number of hydrogen-bond acceptors (Lipinski definition) is 5. The molecule has 1 saturated heterocycles. The molecule has 1 aromatic heterocycles. The average Bonchev–Trinajstić information content (AvgIpc) is 3.24. The molecule has 0 spiro atoms. The fraction of sp³-hybridized carbons (Fsp3) is 0.320. The van der Waals surface area contributed by atoms with Crippen molar-refractivity contribution in [1.82, 2.24) is 14.7 Å². The van der Waals surface area contributed by atoms with Gasteiger partial charge in [-0.1, -0.05) is 12.1 Å². The molecule has 1 amide bonds. The molecule has 0 bridgehead atoms. The minimum absolute atomic E-state index is 0.0580. The molecule has 8 heteroatoms. The van der Waals surface area contributed by atoms with Crippen molar-refractivity contribution < 1.29 is 23.5 Å². The molecule has 2 aromatic carbocycles. The number of piperidine rings is 1. The quantitative estimate of drug-likeness (QED) is 0.566. The van der Waals surface area contributed by atoms with Crippen molar-refractivity contribution in [3.63, 3.8) is 0 Å². The standard InChI is InChI=1S/C25H24FN3O4/c1-16-19(15-27-29(16)21-5-3-2-4-20(21)26)25(31)28-10-8-17(9-11-28)24(30)18-6-7-22-23(14-18)33-13-12-32-22/h2-7,14-15,17H,8-13H2,1H3. The zero-order chi connectivity index (χ0) is 22.9. The summed E-state index contributed by atoms with van der Waals surface area (Å²) in [6, 6.07) is 11.6. The van der Waals surface area contributed by atoms with Gasteiger partial charge in [0.1, 0.15) is 24.7 Å². The summed E-state index contributed by atoms with van der Waals surface area (Å²) in [4.78, 5) is 27.9. The van der Waals surface area contributed by atoms with Crippen LogP contribution in [0.15, 0.2) is 48.7 Å². The van der Waals surface area contributed by atoms with Crippen molar-refractivity contribution in [2.45, 2.75) is 19.8 Å². The zero-order valence-corrected chi connectivity index (χ0v) is 18.3. The summed E-state index contributed by atoms with van der Waals surface area (Å²) in [5.74, 6) is 0.606. The molecule has 0 aliphatic carbocycles. The number of ketones is 1. The normalized spacial score (nSPS) is 16.0. The first-order chi connectivity index (χ1) is 16.0. The number of amides is 1. The van der Waals surface area contributed by atoms with Gasteiger partial charge >= 0.3 is 0 Å². The monoisotopic (exact) mass is 449 g/mol. The Morgan fingerprint density at radius 2 is 1.76 bits per heavy atom. The second-order valence-electron chi connectivity index (χ2n) is 8.30. The van der Waals surface area contributed by atoms with E-state index in [0.717, 1.165) is 0 Å². The van der Waals surface area contributed by atoms with E-state index in [-0.39, 0.29) is 17.6 Å². The van der Waals surface area contributed by atoms with Gasteiger partial charge in [0.25, 0.3) is 5.91 Å². The van der Waals surface area contributed by atoms with E-state index < -0.39 is 5.82 Å². The maximum atomic E-state index is 14.2. The number of likely N-dealkylation sites (tertiary alicyclic amines) is 1. The number of carbonyl (C=O) groups excluding carboxylic acids is 2. The largest absolute Gasteiger partial charge is 0.486 e. The highest BCUT2D eigenvalue weighted by molar-refractivity contribution is 5.99. The summed E-state index contributed by atoms with van der Waals surface area (Å²) >= 11 is 0. The van der Waals surface area contributed by atoms with Crippen molar-refractivity contribution in [3.8, 4) is 17.2 Å². The van der Waals surface area contributed by atoms with Crippen LogP contribution < -0.4 is 9.47 Å². The number of carbonyl (C=O) groups is 2. The van der Waals surface area contributed by atoms with Crippen LogP contribution in [0.25, 0.3) is 5.69 Å². The molecule has 0 radical (unpaired) electrons. The predicted octanol–water partition coefficient (Wildman–Crippen LogP) is 3.83. The smallest absolute Gasteiger partial charge is 0.257 e. The lowest BCUT2D eigenvalue weighted by atomic mass is 9.88. The van der Waals surface area contributed by atoms with Crippen molar-refractivity contribution in [2.75, 3.05) is 26.3 Å².